The van der Waals surface area contributed by atoms with E-state index >= 15 is 0 Å². The molecule has 0 aliphatic carbocycles. The molecule has 1 N–H and O–H groups in total. The van der Waals surface area contributed by atoms with Crippen molar-refractivity contribution in [1.82, 2.24) is 4.90 Å². The van der Waals surface area contributed by atoms with E-state index in [1.807, 2.05) is 36.4 Å². The molecule has 0 unspecified atom stereocenters. The van der Waals surface area contributed by atoms with Gasteiger partial charge in [0.2, 0.25) is 0 Å². The van der Waals surface area contributed by atoms with Crippen molar-refractivity contribution < 1.29 is 14.6 Å². The molecule has 0 aromatic heterocycles. The number of benzene rings is 2. The van der Waals surface area contributed by atoms with Crippen LogP contribution in [-0.4, -0.2) is 49.2 Å². The predicted molar refractivity (Wildman–Crippen MR) is 93.9 cm³/mol. The Balaban J connectivity index is 1.76. The molecule has 1 saturated heterocycles. The Morgan fingerprint density at radius 2 is 1.79 bits per heavy atom. The maximum absolute atomic E-state index is 11.6. The minimum Gasteiger partial charge on any atom is -0.488 e. The molecule has 0 amide bonds. The number of carboxylic acids is 1. The van der Waals surface area contributed by atoms with Crippen LogP contribution in [0.2, 0.25) is 0 Å². The van der Waals surface area contributed by atoms with Gasteiger partial charge < -0.3 is 19.6 Å². The normalized spacial score (nSPS) is 15.3. The fourth-order valence-electron chi connectivity index (χ4n) is 2.81. The first kappa shape index (κ1) is 16.3. The van der Waals surface area contributed by atoms with Crippen molar-refractivity contribution in [2.24, 2.45) is 0 Å². The molecule has 1 aliphatic rings. The highest BCUT2D eigenvalue weighted by molar-refractivity contribution is 5.92. The molecule has 1 aliphatic heterocycles. The van der Waals surface area contributed by atoms with Gasteiger partial charge in [0.25, 0.3) is 0 Å². The summed E-state index contributed by atoms with van der Waals surface area (Å²) in [5, 5.41) is 9.52. The van der Waals surface area contributed by atoms with Crippen molar-refractivity contribution in [1.29, 1.82) is 0 Å². The standard InChI is InChI=1S/C19H22N2O3/c1-20-9-11-21(12-10-20)16-7-8-18(17(13-16)19(22)23)24-14-15-5-3-2-4-6-15/h2-8,13H,9-12,14H2,1H3,(H,22,23). The summed E-state index contributed by atoms with van der Waals surface area (Å²) in [5.74, 6) is -0.557. The van der Waals surface area contributed by atoms with Crippen molar-refractivity contribution in [2.75, 3.05) is 38.1 Å². The van der Waals surface area contributed by atoms with Crippen LogP contribution in [0.25, 0.3) is 0 Å². The summed E-state index contributed by atoms with van der Waals surface area (Å²) in [4.78, 5) is 16.1. The van der Waals surface area contributed by atoms with Crippen LogP contribution in [0.15, 0.2) is 48.5 Å². The van der Waals surface area contributed by atoms with Gasteiger partial charge in [-0.2, -0.15) is 0 Å². The van der Waals surface area contributed by atoms with Gasteiger partial charge in [0.05, 0.1) is 0 Å². The van der Waals surface area contributed by atoms with Gasteiger partial charge in [-0.15, -0.1) is 0 Å². The predicted octanol–water partition coefficient (Wildman–Crippen LogP) is 2.72. The molecule has 126 valence electrons. The summed E-state index contributed by atoms with van der Waals surface area (Å²) in [6.45, 7) is 4.12. The average molecular weight is 326 g/mol. The Hall–Kier alpha value is -2.53. The zero-order valence-electron chi connectivity index (χ0n) is 13.8. The molecule has 2 aromatic carbocycles. The molecule has 1 heterocycles. The van der Waals surface area contributed by atoms with E-state index in [1.54, 1.807) is 12.1 Å². The molecule has 0 bridgehead atoms. The molecule has 5 nitrogen and oxygen atoms in total. The second kappa shape index (κ2) is 7.36. The number of nitrogens with zero attached hydrogens (tertiary/aromatic N) is 2. The average Bonchev–Trinajstić information content (AvgIpc) is 2.61. The molecular weight excluding hydrogens is 304 g/mol. The van der Waals surface area contributed by atoms with Crippen molar-refractivity contribution in [3.05, 3.63) is 59.7 Å². The van der Waals surface area contributed by atoms with E-state index in [4.69, 9.17) is 4.74 Å². The van der Waals surface area contributed by atoms with E-state index in [0.29, 0.717) is 12.4 Å². The number of carboxylic acid groups (broad SMARTS) is 1. The molecule has 0 saturated carbocycles. The summed E-state index contributed by atoms with van der Waals surface area (Å²) >= 11 is 0. The van der Waals surface area contributed by atoms with E-state index < -0.39 is 5.97 Å². The van der Waals surface area contributed by atoms with Crippen LogP contribution in [0, 0.1) is 0 Å². The molecule has 3 rings (SSSR count). The van der Waals surface area contributed by atoms with Gasteiger partial charge >= 0.3 is 5.97 Å². The monoisotopic (exact) mass is 326 g/mol. The Bertz CT molecular complexity index is 695. The first-order valence-corrected chi connectivity index (χ1v) is 8.11. The number of anilines is 1. The maximum Gasteiger partial charge on any atom is 0.339 e. The quantitative estimate of drug-likeness (QED) is 0.915. The lowest BCUT2D eigenvalue weighted by Gasteiger charge is -2.34. The van der Waals surface area contributed by atoms with E-state index in [9.17, 15) is 9.90 Å². The third-order valence-corrected chi connectivity index (χ3v) is 4.30. The molecule has 2 aromatic rings. The lowest BCUT2D eigenvalue weighted by molar-refractivity contribution is 0.0692. The van der Waals surface area contributed by atoms with Crippen molar-refractivity contribution in [3.8, 4) is 5.75 Å². The van der Waals surface area contributed by atoms with Gasteiger partial charge in [-0.1, -0.05) is 30.3 Å². The molecule has 0 atom stereocenters. The van der Waals surface area contributed by atoms with Crippen molar-refractivity contribution in [2.45, 2.75) is 6.61 Å². The second-order valence-corrected chi connectivity index (χ2v) is 6.05. The van der Waals surface area contributed by atoms with Gasteiger partial charge in [-0.25, -0.2) is 4.79 Å². The van der Waals surface area contributed by atoms with Crippen LogP contribution in [-0.2, 0) is 6.61 Å². The van der Waals surface area contributed by atoms with E-state index in [0.717, 1.165) is 37.4 Å². The zero-order chi connectivity index (χ0) is 16.9. The highest BCUT2D eigenvalue weighted by Gasteiger charge is 2.18. The van der Waals surface area contributed by atoms with Gasteiger partial charge in [0, 0.05) is 31.9 Å². The minimum absolute atomic E-state index is 0.211. The molecule has 24 heavy (non-hydrogen) atoms. The second-order valence-electron chi connectivity index (χ2n) is 6.05. The van der Waals surface area contributed by atoms with Gasteiger partial charge in [-0.3, -0.25) is 0 Å². The third-order valence-electron chi connectivity index (χ3n) is 4.30. The largest absolute Gasteiger partial charge is 0.488 e. The van der Waals surface area contributed by atoms with Gasteiger partial charge in [0.15, 0.2) is 0 Å². The topological polar surface area (TPSA) is 53.0 Å². The van der Waals surface area contributed by atoms with Crippen molar-refractivity contribution in [3.63, 3.8) is 0 Å². The Kier molecular flexibility index (Phi) is 5.01. The van der Waals surface area contributed by atoms with Crippen LogP contribution in [0.5, 0.6) is 5.75 Å². The lowest BCUT2D eigenvalue weighted by atomic mass is 10.1. The third kappa shape index (κ3) is 3.86. The van der Waals surface area contributed by atoms with Crippen LogP contribution >= 0.6 is 0 Å². The van der Waals surface area contributed by atoms with E-state index in [2.05, 4.69) is 16.8 Å². The highest BCUT2D eigenvalue weighted by Crippen LogP contribution is 2.26. The number of piperazine rings is 1. The highest BCUT2D eigenvalue weighted by atomic mass is 16.5. The molecule has 5 heteroatoms. The smallest absolute Gasteiger partial charge is 0.339 e. The molecule has 0 spiro atoms. The first-order valence-electron chi connectivity index (χ1n) is 8.11. The van der Waals surface area contributed by atoms with E-state index in [1.165, 1.54) is 0 Å². The number of ether oxygens (including phenoxy) is 1. The Morgan fingerprint density at radius 3 is 2.46 bits per heavy atom. The first-order chi connectivity index (χ1) is 11.6. The van der Waals surface area contributed by atoms with E-state index in [-0.39, 0.29) is 5.56 Å². The number of carbonyl (C=O) groups is 1. The number of hydrogen-bond acceptors (Lipinski definition) is 4. The fraction of sp³-hybridized carbons (Fsp3) is 0.316. The number of hydrogen-bond donors (Lipinski definition) is 1. The molecule has 0 radical (unpaired) electrons. The molecular formula is C19H22N2O3. The minimum atomic E-state index is -0.964. The van der Waals surface area contributed by atoms with Crippen LogP contribution < -0.4 is 9.64 Å². The maximum atomic E-state index is 11.6. The summed E-state index contributed by atoms with van der Waals surface area (Å²) in [6, 6.07) is 15.2. The fourth-order valence-corrected chi connectivity index (χ4v) is 2.81. The number of rotatable bonds is 5. The summed E-state index contributed by atoms with van der Waals surface area (Å²) in [7, 11) is 2.10. The lowest BCUT2D eigenvalue weighted by Crippen LogP contribution is -2.44. The van der Waals surface area contributed by atoms with Crippen LogP contribution in [0.4, 0.5) is 5.69 Å². The van der Waals surface area contributed by atoms with Crippen LogP contribution in [0.1, 0.15) is 15.9 Å². The molecule has 1 fully saturated rings. The van der Waals surface area contributed by atoms with Gasteiger partial charge in [0.1, 0.15) is 17.9 Å². The summed E-state index contributed by atoms with van der Waals surface area (Å²) in [6.07, 6.45) is 0. The number of likely N-dealkylation sites (N-methyl/N-ethyl adjacent to an activating group) is 1. The number of aromatic carboxylic acids is 1. The SMILES string of the molecule is CN1CCN(c2ccc(OCc3ccccc3)c(C(=O)O)c2)CC1. The Morgan fingerprint density at radius 1 is 1.08 bits per heavy atom. The van der Waals surface area contributed by atoms with Crippen molar-refractivity contribution >= 4 is 11.7 Å². The van der Waals surface area contributed by atoms with Crippen LogP contribution in [0.3, 0.4) is 0 Å². The Labute approximate surface area is 142 Å². The zero-order valence-corrected chi connectivity index (χ0v) is 13.8. The summed E-state index contributed by atoms with van der Waals surface area (Å²) < 4.78 is 5.74. The summed E-state index contributed by atoms with van der Waals surface area (Å²) in [5.41, 5.74) is 2.16. The van der Waals surface area contributed by atoms with Gasteiger partial charge in [-0.05, 0) is 30.8 Å².